The molecule has 2 rings (SSSR count). The van der Waals surface area contributed by atoms with Crippen LogP contribution in [0.3, 0.4) is 0 Å². The first kappa shape index (κ1) is 11.4. The standard InChI is InChI=1S/C12H14BrN3/c13-9-4-8(7-14)5-10(6-9)16-12-3-1-2-11(12)15/h4-6,11-12,16H,1-3,15H2. The predicted octanol–water partition coefficient (Wildman–Crippen LogP) is 2.61. The van der Waals surface area contributed by atoms with Crippen molar-refractivity contribution in [1.82, 2.24) is 0 Å². The van der Waals surface area contributed by atoms with Crippen molar-refractivity contribution < 1.29 is 0 Å². The summed E-state index contributed by atoms with van der Waals surface area (Å²) in [5.41, 5.74) is 7.62. The summed E-state index contributed by atoms with van der Waals surface area (Å²) in [5.74, 6) is 0. The van der Waals surface area contributed by atoms with Crippen LogP contribution >= 0.6 is 15.9 Å². The van der Waals surface area contributed by atoms with Crippen molar-refractivity contribution in [2.75, 3.05) is 5.32 Å². The lowest BCUT2D eigenvalue weighted by Crippen LogP contribution is -2.35. The van der Waals surface area contributed by atoms with Crippen LogP contribution < -0.4 is 11.1 Å². The van der Waals surface area contributed by atoms with E-state index in [1.165, 1.54) is 6.42 Å². The number of anilines is 1. The molecule has 1 aromatic carbocycles. The van der Waals surface area contributed by atoms with Crippen LogP contribution in [0.5, 0.6) is 0 Å². The average Bonchev–Trinajstić information content (AvgIpc) is 2.63. The van der Waals surface area contributed by atoms with Crippen LogP contribution in [0.1, 0.15) is 24.8 Å². The van der Waals surface area contributed by atoms with Crippen LogP contribution in [-0.4, -0.2) is 12.1 Å². The van der Waals surface area contributed by atoms with Gasteiger partial charge in [0, 0.05) is 22.2 Å². The van der Waals surface area contributed by atoms with E-state index in [0.717, 1.165) is 23.0 Å². The number of nitrogens with one attached hydrogen (secondary N) is 1. The Bertz CT molecular complexity index is 425. The van der Waals surface area contributed by atoms with Gasteiger partial charge in [-0.25, -0.2) is 0 Å². The van der Waals surface area contributed by atoms with Gasteiger partial charge in [0.1, 0.15) is 0 Å². The lowest BCUT2D eigenvalue weighted by atomic mass is 10.1. The molecule has 0 saturated heterocycles. The Morgan fingerprint density at radius 1 is 1.38 bits per heavy atom. The zero-order chi connectivity index (χ0) is 11.5. The molecule has 3 N–H and O–H groups in total. The molecule has 4 heteroatoms. The number of benzene rings is 1. The average molecular weight is 280 g/mol. The van der Waals surface area contributed by atoms with Gasteiger partial charge in [-0.15, -0.1) is 0 Å². The van der Waals surface area contributed by atoms with E-state index in [-0.39, 0.29) is 6.04 Å². The predicted molar refractivity (Wildman–Crippen MR) is 68.1 cm³/mol. The first-order chi connectivity index (χ1) is 7.69. The Morgan fingerprint density at radius 3 is 2.81 bits per heavy atom. The highest BCUT2D eigenvalue weighted by Crippen LogP contribution is 2.24. The molecular weight excluding hydrogens is 266 g/mol. The van der Waals surface area contributed by atoms with E-state index in [9.17, 15) is 0 Å². The molecule has 1 aliphatic rings. The summed E-state index contributed by atoms with van der Waals surface area (Å²) in [6.45, 7) is 0. The molecule has 3 nitrogen and oxygen atoms in total. The fraction of sp³-hybridized carbons (Fsp3) is 0.417. The molecule has 1 aromatic rings. The van der Waals surface area contributed by atoms with Gasteiger partial charge in [0.25, 0.3) is 0 Å². The van der Waals surface area contributed by atoms with Crippen molar-refractivity contribution in [1.29, 1.82) is 5.26 Å². The van der Waals surface area contributed by atoms with E-state index in [1.54, 1.807) is 6.07 Å². The fourth-order valence-corrected chi connectivity index (χ4v) is 2.61. The summed E-state index contributed by atoms with van der Waals surface area (Å²) in [4.78, 5) is 0. The normalized spacial score (nSPS) is 24.1. The molecule has 0 bridgehead atoms. The third-order valence-corrected chi connectivity index (χ3v) is 3.41. The van der Waals surface area contributed by atoms with Crippen LogP contribution in [0, 0.1) is 11.3 Å². The van der Waals surface area contributed by atoms with Crippen molar-refractivity contribution >= 4 is 21.6 Å². The topological polar surface area (TPSA) is 61.8 Å². The maximum absolute atomic E-state index is 8.88. The third-order valence-electron chi connectivity index (χ3n) is 2.95. The van der Waals surface area contributed by atoms with Gasteiger partial charge >= 0.3 is 0 Å². The van der Waals surface area contributed by atoms with Crippen molar-refractivity contribution in [3.8, 4) is 6.07 Å². The summed E-state index contributed by atoms with van der Waals surface area (Å²) < 4.78 is 0.917. The molecule has 1 fully saturated rings. The SMILES string of the molecule is N#Cc1cc(Br)cc(NC2CCCC2N)c1. The Hall–Kier alpha value is -1.05. The van der Waals surface area contributed by atoms with Gasteiger partial charge in [-0.1, -0.05) is 15.9 Å². The van der Waals surface area contributed by atoms with Gasteiger partial charge < -0.3 is 11.1 Å². The first-order valence-electron chi connectivity index (χ1n) is 5.42. The van der Waals surface area contributed by atoms with Crippen LogP contribution in [-0.2, 0) is 0 Å². The molecule has 2 unspecified atom stereocenters. The minimum Gasteiger partial charge on any atom is -0.381 e. The highest BCUT2D eigenvalue weighted by molar-refractivity contribution is 9.10. The molecule has 0 aromatic heterocycles. The zero-order valence-electron chi connectivity index (χ0n) is 8.91. The van der Waals surface area contributed by atoms with Crippen molar-refractivity contribution in [3.63, 3.8) is 0 Å². The molecule has 2 atom stereocenters. The fourth-order valence-electron chi connectivity index (χ4n) is 2.12. The van der Waals surface area contributed by atoms with Gasteiger partial charge in [-0.2, -0.15) is 5.26 Å². The smallest absolute Gasteiger partial charge is 0.0992 e. The monoisotopic (exact) mass is 279 g/mol. The molecule has 16 heavy (non-hydrogen) atoms. The molecule has 0 spiro atoms. The highest BCUT2D eigenvalue weighted by atomic mass is 79.9. The maximum Gasteiger partial charge on any atom is 0.0992 e. The van der Waals surface area contributed by atoms with Gasteiger partial charge in [-0.05, 0) is 37.5 Å². The van der Waals surface area contributed by atoms with E-state index in [0.29, 0.717) is 11.6 Å². The quantitative estimate of drug-likeness (QED) is 0.875. The van der Waals surface area contributed by atoms with E-state index < -0.39 is 0 Å². The molecule has 1 saturated carbocycles. The molecule has 0 aliphatic heterocycles. The Kier molecular flexibility index (Phi) is 3.47. The minimum absolute atomic E-state index is 0.226. The van der Waals surface area contributed by atoms with Crippen LogP contribution in [0.2, 0.25) is 0 Å². The maximum atomic E-state index is 8.88. The number of hydrogen-bond donors (Lipinski definition) is 2. The number of hydrogen-bond acceptors (Lipinski definition) is 3. The second-order valence-electron chi connectivity index (χ2n) is 4.19. The van der Waals surface area contributed by atoms with Crippen LogP contribution in [0.4, 0.5) is 5.69 Å². The Labute approximate surface area is 104 Å². The van der Waals surface area contributed by atoms with Gasteiger partial charge in [0.2, 0.25) is 0 Å². The van der Waals surface area contributed by atoms with E-state index >= 15 is 0 Å². The lowest BCUT2D eigenvalue weighted by molar-refractivity contribution is 0.638. The summed E-state index contributed by atoms with van der Waals surface area (Å²) in [7, 11) is 0. The largest absolute Gasteiger partial charge is 0.381 e. The molecule has 84 valence electrons. The number of nitriles is 1. The second-order valence-corrected chi connectivity index (χ2v) is 5.10. The summed E-state index contributed by atoms with van der Waals surface area (Å²) in [6, 6.07) is 8.34. The number of nitrogens with two attached hydrogens (primary N) is 1. The van der Waals surface area contributed by atoms with Crippen LogP contribution in [0.15, 0.2) is 22.7 Å². The first-order valence-corrected chi connectivity index (χ1v) is 6.21. The van der Waals surface area contributed by atoms with Crippen molar-refractivity contribution in [2.45, 2.75) is 31.3 Å². The van der Waals surface area contributed by atoms with Gasteiger partial charge in [-0.3, -0.25) is 0 Å². The Balaban J connectivity index is 2.15. The van der Waals surface area contributed by atoms with E-state index in [1.807, 2.05) is 12.1 Å². The second kappa shape index (κ2) is 4.86. The highest BCUT2D eigenvalue weighted by Gasteiger charge is 2.23. The molecular formula is C12H14BrN3. The number of halogens is 1. The van der Waals surface area contributed by atoms with E-state index in [4.69, 9.17) is 11.0 Å². The van der Waals surface area contributed by atoms with Crippen molar-refractivity contribution in [3.05, 3.63) is 28.2 Å². The van der Waals surface area contributed by atoms with E-state index in [2.05, 4.69) is 27.3 Å². The molecule has 0 radical (unpaired) electrons. The summed E-state index contributed by atoms with van der Waals surface area (Å²) >= 11 is 3.40. The van der Waals surface area contributed by atoms with Gasteiger partial charge in [0.15, 0.2) is 0 Å². The number of rotatable bonds is 2. The minimum atomic E-state index is 0.226. The third kappa shape index (κ3) is 2.55. The molecule has 0 heterocycles. The van der Waals surface area contributed by atoms with Crippen molar-refractivity contribution in [2.24, 2.45) is 5.73 Å². The number of nitrogens with zero attached hydrogens (tertiary/aromatic N) is 1. The lowest BCUT2D eigenvalue weighted by Gasteiger charge is -2.18. The summed E-state index contributed by atoms with van der Waals surface area (Å²) in [6.07, 6.45) is 3.37. The Morgan fingerprint density at radius 2 is 2.19 bits per heavy atom. The van der Waals surface area contributed by atoms with Crippen LogP contribution in [0.25, 0.3) is 0 Å². The van der Waals surface area contributed by atoms with Gasteiger partial charge in [0.05, 0.1) is 11.6 Å². The summed E-state index contributed by atoms with van der Waals surface area (Å²) in [5, 5.41) is 12.3. The molecule has 1 aliphatic carbocycles. The molecule has 0 amide bonds. The zero-order valence-corrected chi connectivity index (χ0v) is 10.5.